The van der Waals surface area contributed by atoms with Gasteiger partial charge in [0.15, 0.2) is 0 Å². The molecule has 1 unspecified atom stereocenters. The number of hydrogen-bond acceptors (Lipinski definition) is 3. The van der Waals surface area contributed by atoms with Gasteiger partial charge in [-0.2, -0.15) is 0 Å². The highest BCUT2D eigenvalue weighted by molar-refractivity contribution is 7.89. The highest BCUT2D eigenvalue weighted by Gasteiger charge is 2.24. The van der Waals surface area contributed by atoms with Crippen molar-refractivity contribution in [1.82, 2.24) is 4.72 Å². The van der Waals surface area contributed by atoms with Crippen LogP contribution in [0.4, 0.5) is 5.69 Å². The van der Waals surface area contributed by atoms with Gasteiger partial charge >= 0.3 is 0 Å². The van der Waals surface area contributed by atoms with Crippen LogP contribution in [-0.2, 0) is 10.0 Å². The molecule has 0 bridgehead atoms. The van der Waals surface area contributed by atoms with Crippen LogP contribution >= 0.6 is 0 Å². The van der Waals surface area contributed by atoms with Crippen molar-refractivity contribution in [3.05, 3.63) is 24.3 Å². The fourth-order valence-electron chi connectivity index (χ4n) is 2.43. The standard InChI is InChI=1S/C16H26N2O2S/c1-4-14(11-13-5-6-13)17-15-7-9-16(10-8-15)21(19,20)18-12(2)3/h7-10,12-14,17-18H,4-6,11H2,1-3H3. The zero-order valence-electron chi connectivity index (χ0n) is 13.1. The zero-order valence-corrected chi connectivity index (χ0v) is 13.9. The predicted molar refractivity (Wildman–Crippen MR) is 86.9 cm³/mol. The van der Waals surface area contributed by atoms with E-state index in [9.17, 15) is 8.42 Å². The van der Waals surface area contributed by atoms with Crippen molar-refractivity contribution in [3.63, 3.8) is 0 Å². The van der Waals surface area contributed by atoms with Crippen LogP contribution in [0, 0.1) is 5.92 Å². The van der Waals surface area contributed by atoms with E-state index in [2.05, 4.69) is 17.0 Å². The van der Waals surface area contributed by atoms with Gasteiger partial charge in [-0.15, -0.1) is 0 Å². The molecule has 5 heteroatoms. The molecule has 2 rings (SSSR count). The van der Waals surface area contributed by atoms with Crippen LogP contribution in [0.15, 0.2) is 29.2 Å². The van der Waals surface area contributed by atoms with Crippen LogP contribution in [0.2, 0.25) is 0 Å². The monoisotopic (exact) mass is 310 g/mol. The summed E-state index contributed by atoms with van der Waals surface area (Å²) in [6.45, 7) is 5.82. The summed E-state index contributed by atoms with van der Waals surface area (Å²) in [5.41, 5.74) is 0.992. The minimum absolute atomic E-state index is 0.101. The summed E-state index contributed by atoms with van der Waals surface area (Å²) < 4.78 is 26.7. The minimum atomic E-state index is -3.40. The maximum Gasteiger partial charge on any atom is 0.240 e. The lowest BCUT2D eigenvalue weighted by atomic mass is 10.1. The van der Waals surface area contributed by atoms with Crippen molar-refractivity contribution in [3.8, 4) is 0 Å². The number of nitrogens with one attached hydrogen (secondary N) is 2. The summed E-state index contributed by atoms with van der Waals surface area (Å²) >= 11 is 0. The molecule has 2 N–H and O–H groups in total. The third-order valence-corrected chi connectivity index (χ3v) is 5.41. The maximum absolute atomic E-state index is 12.1. The summed E-state index contributed by atoms with van der Waals surface area (Å²) in [5.74, 6) is 0.886. The van der Waals surface area contributed by atoms with Gasteiger partial charge in [0.05, 0.1) is 4.90 Å². The smallest absolute Gasteiger partial charge is 0.240 e. The fourth-order valence-corrected chi connectivity index (χ4v) is 3.68. The van der Waals surface area contributed by atoms with E-state index in [4.69, 9.17) is 0 Å². The highest BCUT2D eigenvalue weighted by Crippen LogP contribution is 2.34. The van der Waals surface area contributed by atoms with Crippen molar-refractivity contribution in [2.24, 2.45) is 5.92 Å². The van der Waals surface area contributed by atoms with Gasteiger partial charge in [-0.25, -0.2) is 13.1 Å². The Hall–Kier alpha value is -1.07. The first-order valence-corrected chi connectivity index (χ1v) is 9.28. The minimum Gasteiger partial charge on any atom is -0.382 e. The van der Waals surface area contributed by atoms with Crippen LogP contribution in [0.1, 0.15) is 46.5 Å². The molecular weight excluding hydrogens is 284 g/mol. The fraction of sp³-hybridized carbons (Fsp3) is 0.625. The third-order valence-electron chi connectivity index (χ3n) is 3.73. The lowest BCUT2D eigenvalue weighted by Gasteiger charge is -2.18. The van der Waals surface area contributed by atoms with Crippen molar-refractivity contribution in [1.29, 1.82) is 0 Å². The first-order valence-electron chi connectivity index (χ1n) is 7.79. The van der Waals surface area contributed by atoms with Gasteiger partial charge in [0.25, 0.3) is 0 Å². The van der Waals surface area contributed by atoms with Gasteiger partial charge in [0, 0.05) is 17.8 Å². The molecule has 0 aliphatic heterocycles. The van der Waals surface area contributed by atoms with Crippen LogP contribution in [0.3, 0.4) is 0 Å². The molecule has 118 valence electrons. The van der Waals surface area contributed by atoms with E-state index in [-0.39, 0.29) is 6.04 Å². The van der Waals surface area contributed by atoms with E-state index >= 15 is 0 Å². The first-order chi connectivity index (χ1) is 9.90. The number of sulfonamides is 1. The molecule has 1 aromatic rings. The first kappa shape index (κ1) is 16.3. The van der Waals surface area contributed by atoms with Crippen molar-refractivity contribution < 1.29 is 8.42 Å². The van der Waals surface area contributed by atoms with Gasteiger partial charge in [0.2, 0.25) is 10.0 Å². The summed E-state index contributed by atoms with van der Waals surface area (Å²) in [7, 11) is -3.40. The largest absolute Gasteiger partial charge is 0.382 e. The second-order valence-electron chi connectivity index (χ2n) is 6.23. The zero-order chi connectivity index (χ0) is 15.5. The lowest BCUT2D eigenvalue weighted by molar-refractivity contribution is 0.570. The molecule has 0 radical (unpaired) electrons. The van der Waals surface area contributed by atoms with E-state index in [1.165, 1.54) is 19.3 Å². The highest BCUT2D eigenvalue weighted by atomic mass is 32.2. The molecule has 0 saturated heterocycles. The lowest BCUT2D eigenvalue weighted by Crippen LogP contribution is -2.30. The summed E-state index contributed by atoms with van der Waals surface area (Å²) in [6, 6.07) is 7.41. The Morgan fingerprint density at radius 1 is 1.19 bits per heavy atom. The number of anilines is 1. The maximum atomic E-state index is 12.1. The molecule has 1 atom stereocenters. The predicted octanol–water partition coefficient (Wildman–Crippen LogP) is 3.36. The molecule has 1 saturated carbocycles. The van der Waals surface area contributed by atoms with E-state index in [0.29, 0.717) is 10.9 Å². The molecule has 4 nitrogen and oxygen atoms in total. The van der Waals surface area contributed by atoms with E-state index in [1.54, 1.807) is 12.1 Å². The van der Waals surface area contributed by atoms with Gasteiger partial charge in [-0.05, 0) is 56.9 Å². The summed E-state index contributed by atoms with van der Waals surface area (Å²) in [5, 5.41) is 3.50. The SMILES string of the molecule is CCC(CC1CC1)Nc1ccc(S(=O)(=O)NC(C)C)cc1. The molecule has 0 spiro atoms. The van der Waals surface area contributed by atoms with Crippen LogP contribution in [0.5, 0.6) is 0 Å². The quantitative estimate of drug-likeness (QED) is 0.774. The summed E-state index contributed by atoms with van der Waals surface area (Å²) in [4.78, 5) is 0.317. The summed E-state index contributed by atoms with van der Waals surface area (Å²) in [6.07, 6.45) is 5.02. The molecule has 0 amide bonds. The molecule has 0 heterocycles. The molecule has 1 aliphatic carbocycles. The van der Waals surface area contributed by atoms with Crippen LogP contribution in [-0.4, -0.2) is 20.5 Å². The topological polar surface area (TPSA) is 58.2 Å². The van der Waals surface area contributed by atoms with E-state index < -0.39 is 10.0 Å². The van der Waals surface area contributed by atoms with Crippen LogP contribution < -0.4 is 10.0 Å². The Labute approximate surface area is 128 Å². The Morgan fingerprint density at radius 3 is 2.29 bits per heavy atom. The van der Waals surface area contributed by atoms with Crippen LogP contribution in [0.25, 0.3) is 0 Å². The number of benzene rings is 1. The van der Waals surface area contributed by atoms with Gasteiger partial charge in [-0.1, -0.05) is 19.8 Å². The normalized spacial score (nSPS) is 17.0. The Morgan fingerprint density at radius 2 is 1.81 bits per heavy atom. The van der Waals surface area contributed by atoms with Crippen molar-refractivity contribution in [2.75, 3.05) is 5.32 Å². The molecular formula is C16H26N2O2S. The molecule has 0 aromatic heterocycles. The second-order valence-corrected chi connectivity index (χ2v) is 7.94. The van der Waals surface area contributed by atoms with Gasteiger partial charge < -0.3 is 5.32 Å². The van der Waals surface area contributed by atoms with Crippen molar-refractivity contribution in [2.45, 2.75) is 63.4 Å². The molecule has 1 aromatic carbocycles. The van der Waals surface area contributed by atoms with Gasteiger partial charge in [0.1, 0.15) is 0 Å². The average Bonchev–Trinajstić information content (AvgIpc) is 3.21. The Kier molecular flexibility index (Phi) is 5.27. The number of hydrogen-bond donors (Lipinski definition) is 2. The Balaban J connectivity index is 2.00. The van der Waals surface area contributed by atoms with E-state index in [0.717, 1.165) is 18.0 Å². The third kappa shape index (κ3) is 5.00. The van der Waals surface area contributed by atoms with Gasteiger partial charge in [-0.3, -0.25) is 0 Å². The molecule has 1 aliphatic rings. The average molecular weight is 310 g/mol. The van der Waals surface area contributed by atoms with E-state index in [1.807, 2.05) is 26.0 Å². The van der Waals surface area contributed by atoms with Crippen molar-refractivity contribution >= 4 is 15.7 Å². The Bertz CT molecular complexity index is 548. The number of rotatable bonds is 8. The second kappa shape index (κ2) is 6.79. The molecule has 1 fully saturated rings. The molecule has 21 heavy (non-hydrogen) atoms.